The summed E-state index contributed by atoms with van der Waals surface area (Å²) in [5.74, 6) is 0.184. The number of hydrogen-bond donors (Lipinski definition) is 0. The number of carbonyl (C=O) groups is 1. The van der Waals surface area contributed by atoms with E-state index in [1.54, 1.807) is 15.6 Å². The Hall–Kier alpha value is -2.96. The first kappa shape index (κ1) is 15.6. The first-order valence-electron chi connectivity index (χ1n) is 8.28. The first-order valence-corrected chi connectivity index (χ1v) is 8.28. The second kappa shape index (κ2) is 5.84. The summed E-state index contributed by atoms with van der Waals surface area (Å²) >= 11 is 0. The monoisotopic (exact) mass is 337 g/mol. The highest BCUT2D eigenvalue weighted by atomic mass is 16.2. The van der Waals surface area contributed by atoms with Crippen LogP contribution in [0.15, 0.2) is 41.2 Å². The lowest BCUT2D eigenvalue weighted by Gasteiger charge is -2.38. The van der Waals surface area contributed by atoms with Gasteiger partial charge in [-0.15, -0.1) is 0 Å². The zero-order valence-electron chi connectivity index (χ0n) is 14.2. The molecule has 1 fully saturated rings. The largest absolute Gasteiger partial charge is 0.336 e. The molecule has 0 aliphatic carbocycles. The van der Waals surface area contributed by atoms with Gasteiger partial charge >= 0.3 is 0 Å². The lowest BCUT2D eigenvalue weighted by atomic mass is 9.99. The molecule has 2 aromatic heterocycles. The number of carbonyl (C=O) groups excluding carboxylic acids is 1. The van der Waals surface area contributed by atoms with Crippen molar-refractivity contribution in [3.8, 4) is 0 Å². The van der Waals surface area contributed by atoms with Crippen LogP contribution in [0.25, 0.3) is 10.9 Å². The van der Waals surface area contributed by atoms with E-state index in [-0.39, 0.29) is 17.4 Å². The maximum Gasteiger partial charge on any atom is 0.275 e. The first-order chi connectivity index (χ1) is 12.0. The molecule has 0 saturated carbocycles. The molecule has 0 bridgehead atoms. The summed E-state index contributed by atoms with van der Waals surface area (Å²) in [4.78, 5) is 26.4. The lowest BCUT2D eigenvalue weighted by molar-refractivity contribution is 0.0453. The van der Waals surface area contributed by atoms with Gasteiger partial charge in [0.2, 0.25) is 0 Å². The van der Waals surface area contributed by atoms with Gasteiger partial charge in [0.25, 0.3) is 11.5 Å². The average molecular weight is 337 g/mol. The molecular formula is C18H19N5O2. The minimum Gasteiger partial charge on any atom is -0.336 e. The van der Waals surface area contributed by atoms with Crippen molar-refractivity contribution in [2.24, 2.45) is 13.0 Å². The zero-order valence-corrected chi connectivity index (χ0v) is 14.2. The topological polar surface area (TPSA) is 73.0 Å². The van der Waals surface area contributed by atoms with E-state index in [1.165, 1.54) is 10.7 Å². The van der Waals surface area contributed by atoms with Gasteiger partial charge in [0, 0.05) is 37.5 Å². The van der Waals surface area contributed by atoms with Gasteiger partial charge in [-0.2, -0.15) is 10.2 Å². The Kier molecular flexibility index (Phi) is 3.63. The normalized spacial score (nSPS) is 14.7. The highest BCUT2D eigenvalue weighted by Gasteiger charge is 2.33. The molecule has 1 aromatic carbocycles. The van der Waals surface area contributed by atoms with Crippen molar-refractivity contribution in [3.63, 3.8) is 0 Å². The predicted molar refractivity (Wildman–Crippen MR) is 93.3 cm³/mol. The van der Waals surface area contributed by atoms with Crippen LogP contribution in [0, 0.1) is 12.8 Å². The molecule has 3 aromatic rings. The molecule has 25 heavy (non-hydrogen) atoms. The summed E-state index contributed by atoms with van der Waals surface area (Å²) < 4.78 is 3.22. The number of rotatable bonds is 3. The van der Waals surface area contributed by atoms with Gasteiger partial charge in [0.15, 0.2) is 5.69 Å². The minimum absolute atomic E-state index is 0.0578. The second-order valence-corrected chi connectivity index (χ2v) is 6.56. The van der Waals surface area contributed by atoms with Crippen molar-refractivity contribution in [3.05, 3.63) is 58.1 Å². The third kappa shape index (κ3) is 2.71. The molecule has 1 aliphatic heterocycles. The van der Waals surface area contributed by atoms with E-state index in [0.717, 1.165) is 16.6 Å². The number of hydrogen-bond acceptors (Lipinski definition) is 4. The van der Waals surface area contributed by atoms with Crippen LogP contribution >= 0.6 is 0 Å². The zero-order chi connectivity index (χ0) is 17.6. The summed E-state index contributed by atoms with van der Waals surface area (Å²) in [5, 5.41) is 9.51. The van der Waals surface area contributed by atoms with Gasteiger partial charge in [0.05, 0.1) is 17.8 Å². The fraction of sp³-hybridized carbons (Fsp3) is 0.333. The molecule has 128 valence electrons. The molecular weight excluding hydrogens is 318 g/mol. The molecule has 1 saturated heterocycles. The Morgan fingerprint density at radius 1 is 1.16 bits per heavy atom. The van der Waals surface area contributed by atoms with Crippen LogP contribution in [0.4, 0.5) is 0 Å². The smallest absolute Gasteiger partial charge is 0.275 e. The fourth-order valence-corrected chi connectivity index (χ4v) is 3.30. The van der Waals surface area contributed by atoms with E-state index in [1.807, 2.05) is 38.2 Å². The van der Waals surface area contributed by atoms with Gasteiger partial charge in [0.1, 0.15) is 0 Å². The number of fused-ring (bicyclic) bond motifs is 1. The summed E-state index contributed by atoms with van der Waals surface area (Å²) in [7, 11) is 1.84. The Morgan fingerprint density at radius 3 is 2.72 bits per heavy atom. The van der Waals surface area contributed by atoms with E-state index in [9.17, 15) is 9.59 Å². The van der Waals surface area contributed by atoms with E-state index >= 15 is 0 Å². The maximum absolute atomic E-state index is 12.7. The number of aryl methyl sites for hydroxylation is 2. The van der Waals surface area contributed by atoms with Gasteiger partial charge in [-0.1, -0.05) is 18.2 Å². The molecule has 0 N–H and O–H groups in total. The number of amides is 1. The molecule has 0 spiro atoms. The van der Waals surface area contributed by atoms with Crippen LogP contribution in [0.3, 0.4) is 0 Å². The molecule has 0 atom stereocenters. The van der Waals surface area contributed by atoms with Crippen molar-refractivity contribution < 1.29 is 4.79 Å². The van der Waals surface area contributed by atoms with Crippen LogP contribution < -0.4 is 5.56 Å². The SMILES string of the molecule is Cc1ccc(=O)n(CC2CN(C(=O)c3nn(C)c4ccccc34)C2)n1. The van der Waals surface area contributed by atoms with Crippen LogP contribution in [-0.2, 0) is 13.6 Å². The highest BCUT2D eigenvalue weighted by Crippen LogP contribution is 2.23. The molecule has 0 unspecified atom stereocenters. The third-order valence-electron chi connectivity index (χ3n) is 4.64. The molecule has 7 nitrogen and oxygen atoms in total. The third-order valence-corrected chi connectivity index (χ3v) is 4.64. The van der Waals surface area contributed by atoms with Crippen molar-refractivity contribution in [2.45, 2.75) is 13.5 Å². The Bertz CT molecular complexity index is 1010. The van der Waals surface area contributed by atoms with Crippen LogP contribution in [-0.4, -0.2) is 43.5 Å². The van der Waals surface area contributed by atoms with Crippen molar-refractivity contribution in [1.82, 2.24) is 24.5 Å². The Balaban J connectivity index is 1.47. The molecule has 1 aliphatic rings. The highest BCUT2D eigenvalue weighted by molar-refractivity contribution is 6.05. The molecule has 1 amide bonds. The maximum atomic E-state index is 12.7. The van der Waals surface area contributed by atoms with E-state index in [0.29, 0.717) is 25.3 Å². The predicted octanol–water partition coefficient (Wildman–Crippen LogP) is 1.21. The van der Waals surface area contributed by atoms with Crippen molar-refractivity contribution in [1.29, 1.82) is 0 Å². The average Bonchev–Trinajstić information content (AvgIpc) is 2.90. The van der Waals surface area contributed by atoms with Crippen molar-refractivity contribution >= 4 is 16.8 Å². The molecule has 3 heterocycles. The fourth-order valence-electron chi connectivity index (χ4n) is 3.30. The van der Waals surface area contributed by atoms with Crippen LogP contribution in [0.2, 0.25) is 0 Å². The molecule has 4 rings (SSSR count). The van der Waals surface area contributed by atoms with E-state index < -0.39 is 0 Å². The Labute approximate surface area is 144 Å². The van der Waals surface area contributed by atoms with Crippen molar-refractivity contribution in [2.75, 3.05) is 13.1 Å². The van der Waals surface area contributed by atoms with Gasteiger partial charge < -0.3 is 4.90 Å². The standard InChI is InChI=1S/C18H19N5O2/c1-12-7-8-16(24)23(19-12)11-13-9-22(10-13)18(25)17-14-5-3-4-6-15(14)21(2)20-17/h3-8,13H,9-11H2,1-2H3. The van der Waals surface area contributed by atoms with Crippen LogP contribution in [0.1, 0.15) is 16.2 Å². The summed E-state index contributed by atoms with van der Waals surface area (Å²) in [6.45, 7) is 3.63. The van der Waals surface area contributed by atoms with Gasteiger partial charge in [-0.25, -0.2) is 4.68 Å². The lowest BCUT2D eigenvalue weighted by Crippen LogP contribution is -2.52. The quantitative estimate of drug-likeness (QED) is 0.720. The molecule has 7 heteroatoms. The number of nitrogens with zero attached hydrogens (tertiary/aromatic N) is 5. The van der Waals surface area contributed by atoms with Crippen LogP contribution in [0.5, 0.6) is 0 Å². The Morgan fingerprint density at radius 2 is 1.92 bits per heavy atom. The second-order valence-electron chi connectivity index (χ2n) is 6.56. The van der Waals surface area contributed by atoms with Gasteiger partial charge in [-0.3, -0.25) is 14.3 Å². The van der Waals surface area contributed by atoms with Gasteiger partial charge in [-0.05, 0) is 19.1 Å². The number of benzene rings is 1. The summed E-state index contributed by atoms with van der Waals surface area (Å²) in [6.07, 6.45) is 0. The van der Waals surface area contributed by atoms with E-state index in [2.05, 4.69) is 10.2 Å². The number of para-hydroxylation sites is 1. The summed E-state index contributed by atoms with van der Waals surface area (Å²) in [6, 6.07) is 11.0. The summed E-state index contributed by atoms with van der Waals surface area (Å²) in [5.41, 5.74) is 2.14. The number of aromatic nitrogens is 4. The minimum atomic E-state index is -0.105. The molecule has 0 radical (unpaired) electrons. The number of likely N-dealkylation sites (tertiary alicyclic amines) is 1. The van der Waals surface area contributed by atoms with E-state index in [4.69, 9.17) is 0 Å².